The van der Waals surface area contributed by atoms with Gasteiger partial charge in [0.25, 0.3) is 0 Å². The average Bonchev–Trinajstić information content (AvgIpc) is 3.01. The summed E-state index contributed by atoms with van der Waals surface area (Å²) in [5, 5.41) is 3.47. The predicted octanol–water partition coefficient (Wildman–Crippen LogP) is 3.24. The van der Waals surface area contributed by atoms with E-state index in [2.05, 4.69) is 40.0 Å². The van der Waals surface area contributed by atoms with Crippen LogP contribution in [0.4, 0.5) is 0 Å². The Morgan fingerprint density at radius 2 is 2.24 bits per heavy atom. The third kappa shape index (κ3) is 6.00. The minimum absolute atomic E-state index is 0.804. The van der Waals surface area contributed by atoms with Crippen molar-refractivity contribution < 1.29 is 4.74 Å². The molecule has 0 bridgehead atoms. The molecule has 1 aromatic carbocycles. The van der Waals surface area contributed by atoms with Gasteiger partial charge in [-0.05, 0) is 37.1 Å². The molecule has 4 nitrogen and oxygen atoms in total. The molecule has 2 aromatic rings. The highest BCUT2D eigenvalue weighted by molar-refractivity contribution is 5.28. The fourth-order valence-corrected chi connectivity index (χ4v) is 2.12. The summed E-state index contributed by atoms with van der Waals surface area (Å²) in [4.78, 5) is 4.04. The van der Waals surface area contributed by atoms with E-state index in [9.17, 15) is 0 Å². The molecule has 1 heterocycles. The molecule has 0 atom stereocenters. The number of rotatable bonds is 10. The molecule has 0 amide bonds. The standard InChI is InChI=1S/C17H25N3O/c1-2-3-12-21-17-7-4-6-16(13-17)14-18-8-5-10-20-11-9-19-15-20/h4,6-7,9,11,13,15,18H,2-3,5,8,10,12,14H2,1H3. The lowest BCUT2D eigenvalue weighted by molar-refractivity contribution is 0.309. The van der Waals surface area contributed by atoms with Gasteiger partial charge in [-0.2, -0.15) is 0 Å². The molecule has 21 heavy (non-hydrogen) atoms. The number of hydrogen-bond donors (Lipinski definition) is 1. The topological polar surface area (TPSA) is 39.1 Å². The van der Waals surface area contributed by atoms with Crippen LogP contribution in [0.15, 0.2) is 43.0 Å². The van der Waals surface area contributed by atoms with Gasteiger partial charge in [-0.15, -0.1) is 0 Å². The first-order chi connectivity index (χ1) is 10.4. The molecular formula is C17H25N3O. The molecule has 0 saturated heterocycles. The molecule has 0 aliphatic heterocycles. The summed E-state index contributed by atoms with van der Waals surface area (Å²) in [6.45, 7) is 5.87. The van der Waals surface area contributed by atoms with Gasteiger partial charge < -0.3 is 14.6 Å². The highest BCUT2D eigenvalue weighted by Gasteiger charge is 1.97. The first kappa shape index (κ1) is 15.6. The van der Waals surface area contributed by atoms with Crippen molar-refractivity contribution in [2.45, 2.75) is 39.3 Å². The van der Waals surface area contributed by atoms with Gasteiger partial charge in [0.2, 0.25) is 0 Å². The van der Waals surface area contributed by atoms with Gasteiger partial charge >= 0.3 is 0 Å². The van der Waals surface area contributed by atoms with Crippen molar-refractivity contribution in [2.75, 3.05) is 13.2 Å². The van der Waals surface area contributed by atoms with E-state index in [0.29, 0.717) is 0 Å². The maximum Gasteiger partial charge on any atom is 0.119 e. The second-order valence-electron chi connectivity index (χ2n) is 5.18. The molecular weight excluding hydrogens is 262 g/mol. The lowest BCUT2D eigenvalue weighted by Gasteiger charge is -2.09. The van der Waals surface area contributed by atoms with Gasteiger partial charge in [0, 0.05) is 25.5 Å². The second kappa shape index (κ2) is 9.19. The van der Waals surface area contributed by atoms with Crippen molar-refractivity contribution in [3.63, 3.8) is 0 Å². The minimum Gasteiger partial charge on any atom is -0.494 e. The van der Waals surface area contributed by atoms with Crippen LogP contribution in [0.1, 0.15) is 31.7 Å². The number of nitrogens with zero attached hydrogens (tertiary/aromatic N) is 2. The van der Waals surface area contributed by atoms with E-state index >= 15 is 0 Å². The van der Waals surface area contributed by atoms with Crippen LogP contribution in [-0.2, 0) is 13.1 Å². The van der Waals surface area contributed by atoms with Crippen LogP contribution in [0.3, 0.4) is 0 Å². The molecule has 0 unspecified atom stereocenters. The summed E-state index contributed by atoms with van der Waals surface area (Å²) in [5.74, 6) is 0.973. The summed E-state index contributed by atoms with van der Waals surface area (Å²) in [7, 11) is 0. The summed E-state index contributed by atoms with van der Waals surface area (Å²) in [5.41, 5.74) is 1.27. The minimum atomic E-state index is 0.804. The Morgan fingerprint density at radius 3 is 3.05 bits per heavy atom. The Hall–Kier alpha value is -1.81. The van der Waals surface area contributed by atoms with Gasteiger partial charge in [-0.1, -0.05) is 25.5 Å². The van der Waals surface area contributed by atoms with Crippen LogP contribution in [0, 0.1) is 0 Å². The third-order valence-electron chi connectivity index (χ3n) is 3.32. The number of unbranched alkanes of at least 4 members (excludes halogenated alkanes) is 1. The summed E-state index contributed by atoms with van der Waals surface area (Å²) < 4.78 is 7.83. The summed E-state index contributed by atoms with van der Waals surface area (Å²) >= 11 is 0. The first-order valence-electron chi connectivity index (χ1n) is 7.76. The molecule has 0 aliphatic carbocycles. The van der Waals surface area contributed by atoms with Crippen LogP contribution >= 0.6 is 0 Å². The largest absolute Gasteiger partial charge is 0.494 e. The van der Waals surface area contributed by atoms with Gasteiger partial charge in [0.1, 0.15) is 5.75 Å². The number of nitrogens with one attached hydrogen (secondary N) is 1. The van der Waals surface area contributed by atoms with Crippen molar-refractivity contribution in [3.8, 4) is 5.75 Å². The van der Waals surface area contributed by atoms with Crippen molar-refractivity contribution >= 4 is 0 Å². The van der Waals surface area contributed by atoms with Crippen LogP contribution in [0.5, 0.6) is 5.75 Å². The molecule has 0 aliphatic rings. The highest BCUT2D eigenvalue weighted by Crippen LogP contribution is 2.13. The predicted molar refractivity (Wildman–Crippen MR) is 85.4 cm³/mol. The summed E-state index contributed by atoms with van der Waals surface area (Å²) in [6, 6.07) is 8.34. The summed E-state index contributed by atoms with van der Waals surface area (Å²) in [6.07, 6.45) is 9.05. The van der Waals surface area contributed by atoms with E-state index in [4.69, 9.17) is 4.74 Å². The lowest BCUT2D eigenvalue weighted by Crippen LogP contribution is -2.16. The van der Waals surface area contributed by atoms with Crippen molar-refractivity contribution in [1.82, 2.24) is 14.9 Å². The molecule has 2 rings (SSSR count). The quantitative estimate of drug-likeness (QED) is 0.682. The Balaban J connectivity index is 1.64. The zero-order chi connectivity index (χ0) is 14.8. The van der Waals surface area contributed by atoms with Crippen LogP contribution in [-0.4, -0.2) is 22.7 Å². The van der Waals surface area contributed by atoms with Crippen molar-refractivity contribution in [2.24, 2.45) is 0 Å². The van der Waals surface area contributed by atoms with Gasteiger partial charge in [0.15, 0.2) is 0 Å². The molecule has 114 valence electrons. The van der Waals surface area contributed by atoms with E-state index < -0.39 is 0 Å². The number of aryl methyl sites for hydroxylation is 1. The van der Waals surface area contributed by atoms with E-state index in [1.54, 1.807) is 0 Å². The lowest BCUT2D eigenvalue weighted by atomic mass is 10.2. The molecule has 0 radical (unpaired) electrons. The second-order valence-corrected chi connectivity index (χ2v) is 5.18. The maximum absolute atomic E-state index is 5.73. The van der Waals surface area contributed by atoms with E-state index in [0.717, 1.165) is 51.3 Å². The Bertz CT molecular complexity index is 496. The molecule has 0 saturated carbocycles. The fraction of sp³-hybridized carbons (Fsp3) is 0.471. The van der Waals surface area contributed by atoms with Crippen LogP contribution in [0.2, 0.25) is 0 Å². The molecule has 4 heteroatoms. The van der Waals surface area contributed by atoms with E-state index in [1.807, 2.05) is 24.8 Å². The zero-order valence-corrected chi connectivity index (χ0v) is 12.8. The van der Waals surface area contributed by atoms with E-state index in [-0.39, 0.29) is 0 Å². The molecule has 0 spiro atoms. The molecule has 0 fully saturated rings. The maximum atomic E-state index is 5.73. The first-order valence-corrected chi connectivity index (χ1v) is 7.76. The third-order valence-corrected chi connectivity index (χ3v) is 3.32. The Kier molecular flexibility index (Phi) is 6.81. The molecule has 1 aromatic heterocycles. The monoisotopic (exact) mass is 287 g/mol. The van der Waals surface area contributed by atoms with Crippen LogP contribution in [0.25, 0.3) is 0 Å². The number of ether oxygens (including phenoxy) is 1. The van der Waals surface area contributed by atoms with Crippen molar-refractivity contribution in [3.05, 3.63) is 48.5 Å². The number of benzene rings is 1. The Labute approximate surface area is 127 Å². The SMILES string of the molecule is CCCCOc1cccc(CNCCCn2ccnc2)c1. The van der Waals surface area contributed by atoms with Gasteiger partial charge in [-0.25, -0.2) is 4.98 Å². The average molecular weight is 287 g/mol. The Morgan fingerprint density at radius 1 is 1.29 bits per heavy atom. The van der Waals surface area contributed by atoms with E-state index in [1.165, 1.54) is 5.56 Å². The number of imidazole rings is 1. The number of hydrogen-bond acceptors (Lipinski definition) is 3. The highest BCUT2D eigenvalue weighted by atomic mass is 16.5. The normalized spacial score (nSPS) is 10.7. The molecule has 1 N–H and O–H groups in total. The number of aromatic nitrogens is 2. The van der Waals surface area contributed by atoms with Gasteiger partial charge in [-0.3, -0.25) is 0 Å². The van der Waals surface area contributed by atoms with Crippen LogP contribution < -0.4 is 10.1 Å². The fourth-order valence-electron chi connectivity index (χ4n) is 2.12. The smallest absolute Gasteiger partial charge is 0.119 e. The van der Waals surface area contributed by atoms with Gasteiger partial charge in [0.05, 0.1) is 12.9 Å². The zero-order valence-electron chi connectivity index (χ0n) is 12.8. The van der Waals surface area contributed by atoms with Crippen molar-refractivity contribution in [1.29, 1.82) is 0 Å².